The van der Waals surface area contributed by atoms with Gasteiger partial charge in [0.15, 0.2) is 0 Å². The third kappa shape index (κ3) is 4.56. The molecule has 0 N–H and O–H groups in total. The van der Waals surface area contributed by atoms with Gasteiger partial charge in [0.05, 0.1) is 5.69 Å². The van der Waals surface area contributed by atoms with Crippen molar-refractivity contribution in [2.75, 3.05) is 13.1 Å². The minimum atomic E-state index is -0.371. The molecule has 1 amide bonds. The number of thioether (sulfide) groups is 1. The molecule has 2 heterocycles. The summed E-state index contributed by atoms with van der Waals surface area (Å²) in [5, 5.41) is 12.6. The van der Waals surface area contributed by atoms with Crippen LogP contribution in [0.15, 0.2) is 59.8 Å². The molecular formula is C23H27N5OS. The summed E-state index contributed by atoms with van der Waals surface area (Å²) in [6.07, 6.45) is 3.33. The monoisotopic (exact) mass is 421 g/mol. The molecule has 1 saturated heterocycles. The Labute approximate surface area is 181 Å². The van der Waals surface area contributed by atoms with Crippen molar-refractivity contribution >= 4 is 17.7 Å². The van der Waals surface area contributed by atoms with Crippen LogP contribution in [0.4, 0.5) is 0 Å². The normalized spacial score (nSPS) is 15.4. The van der Waals surface area contributed by atoms with E-state index >= 15 is 0 Å². The molecule has 0 spiro atoms. The summed E-state index contributed by atoms with van der Waals surface area (Å²) in [5.41, 5.74) is 3.13. The number of nitrogens with zero attached hydrogens (tertiary/aromatic N) is 5. The predicted octanol–water partition coefficient (Wildman–Crippen LogP) is 4.63. The fourth-order valence-corrected chi connectivity index (χ4v) is 4.77. The van der Waals surface area contributed by atoms with Crippen molar-refractivity contribution in [3.05, 3.63) is 65.7 Å². The smallest absolute Gasteiger partial charge is 0.240 e. The van der Waals surface area contributed by atoms with E-state index in [1.165, 1.54) is 23.7 Å². The van der Waals surface area contributed by atoms with Gasteiger partial charge in [0.2, 0.25) is 11.1 Å². The summed E-state index contributed by atoms with van der Waals surface area (Å²) in [4.78, 5) is 15.4. The number of carbonyl (C=O) groups excluding carboxylic acids is 1. The van der Waals surface area contributed by atoms with Gasteiger partial charge >= 0.3 is 0 Å². The van der Waals surface area contributed by atoms with Crippen LogP contribution < -0.4 is 0 Å². The van der Waals surface area contributed by atoms with Gasteiger partial charge in [-0.05, 0) is 58.9 Å². The molecule has 4 rings (SSSR count). The molecule has 0 aliphatic carbocycles. The third-order valence-corrected chi connectivity index (χ3v) is 6.64. The lowest BCUT2D eigenvalue weighted by Gasteiger charge is -2.30. The number of benzene rings is 2. The highest BCUT2D eigenvalue weighted by Crippen LogP contribution is 2.37. The number of piperidine rings is 1. The highest BCUT2D eigenvalue weighted by atomic mass is 32.2. The van der Waals surface area contributed by atoms with Gasteiger partial charge in [0.25, 0.3) is 0 Å². The Morgan fingerprint density at radius 1 is 0.933 bits per heavy atom. The van der Waals surface area contributed by atoms with Crippen LogP contribution >= 0.6 is 11.8 Å². The Kier molecular flexibility index (Phi) is 6.47. The summed E-state index contributed by atoms with van der Waals surface area (Å²) in [6, 6.07) is 18.2. The Morgan fingerprint density at radius 2 is 1.63 bits per heavy atom. The molecule has 0 saturated carbocycles. The molecule has 1 aliphatic heterocycles. The maximum atomic E-state index is 13.4. The summed E-state index contributed by atoms with van der Waals surface area (Å²) in [6.45, 7) is 5.99. The minimum absolute atomic E-state index is 0.135. The molecule has 1 aliphatic rings. The summed E-state index contributed by atoms with van der Waals surface area (Å²) >= 11 is 1.42. The highest BCUT2D eigenvalue weighted by Gasteiger charge is 2.30. The number of tetrazole rings is 1. The Morgan fingerprint density at radius 3 is 2.30 bits per heavy atom. The van der Waals surface area contributed by atoms with Crippen molar-refractivity contribution in [1.82, 2.24) is 25.1 Å². The van der Waals surface area contributed by atoms with Crippen molar-refractivity contribution in [2.24, 2.45) is 0 Å². The molecule has 156 valence electrons. The van der Waals surface area contributed by atoms with E-state index in [0.717, 1.165) is 37.2 Å². The highest BCUT2D eigenvalue weighted by molar-refractivity contribution is 8.00. The molecule has 1 unspecified atom stereocenters. The quantitative estimate of drug-likeness (QED) is 0.543. The Balaban J connectivity index is 1.62. The van der Waals surface area contributed by atoms with E-state index in [1.54, 1.807) is 4.68 Å². The number of hydrogen-bond acceptors (Lipinski definition) is 5. The summed E-state index contributed by atoms with van der Waals surface area (Å²) in [5.74, 6) is 0.599. The molecule has 7 heteroatoms. The van der Waals surface area contributed by atoms with Gasteiger partial charge in [0, 0.05) is 13.1 Å². The number of amides is 1. The van der Waals surface area contributed by atoms with Crippen LogP contribution in [0.3, 0.4) is 0 Å². The molecule has 1 fully saturated rings. The van der Waals surface area contributed by atoms with Gasteiger partial charge in [-0.1, -0.05) is 68.1 Å². The van der Waals surface area contributed by atoms with Crippen LogP contribution in [0.25, 0.3) is 5.69 Å². The minimum Gasteiger partial charge on any atom is -0.341 e. The average molecular weight is 422 g/mol. The Hall–Kier alpha value is -2.67. The molecule has 30 heavy (non-hydrogen) atoms. The largest absolute Gasteiger partial charge is 0.341 e. The topological polar surface area (TPSA) is 63.9 Å². The lowest BCUT2D eigenvalue weighted by molar-refractivity contribution is -0.131. The number of likely N-dealkylation sites (tertiary alicyclic amines) is 1. The third-order valence-electron chi connectivity index (χ3n) is 5.46. The van der Waals surface area contributed by atoms with Crippen molar-refractivity contribution in [3.8, 4) is 5.69 Å². The first kappa shape index (κ1) is 20.6. The first-order chi connectivity index (χ1) is 14.6. The first-order valence-corrected chi connectivity index (χ1v) is 11.4. The van der Waals surface area contributed by atoms with Crippen LogP contribution in [-0.4, -0.2) is 44.1 Å². The number of carbonyl (C=O) groups is 1. The molecular weight excluding hydrogens is 394 g/mol. The van der Waals surface area contributed by atoms with E-state index in [-0.39, 0.29) is 11.2 Å². The number of hydrogen-bond donors (Lipinski definition) is 0. The van der Waals surface area contributed by atoms with E-state index in [0.29, 0.717) is 11.1 Å². The van der Waals surface area contributed by atoms with Gasteiger partial charge in [-0.15, -0.1) is 5.10 Å². The van der Waals surface area contributed by atoms with Gasteiger partial charge < -0.3 is 4.90 Å². The summed E-state index contributed by atoms with van der Waals surface area (Å²) in [7, 11) is 0. The zero-order chi connectivity index (χ0) is 20.9. The molecule has 0 radical (unpaired) electrons. The van der Waals surface area contributed by atoms with Crippen LogP contribution in [0.1, 0.15) is 55.4 Å². The van der Waals surface area contributed by atoms with Crippen molar-refractivity contribution in [3.63, 3.8) is 0 Å². The fraction of sp³-hybridized carbons (Fsp3) is 0.391. The van der Waals surface area contributed by atoms with Crippen molar-refractivity contribution in [2.45, 2.75) is 49.4 Å². The van der Waals surface area contributed by atoms with Gasteiger partial charge in [-0.25, -0.2) is 0 Å². The molecule has 1 atom stereocenters. The van der Waals surface area contributed by atoms with E-state index in [9.17, 15) is 4.79 Å². The fourth-order valence-electron chi connectivity index (χ4n) is 3.69. The molecule has 2 aromatic carbocycles. The number of aromatic nitrogens is 4. The molecule has 3 aromatic rings. The predicted molar refractivity (Wildman–Crippen MR) is 119 cm³/mol. The lowest BCUT2D eigenvalue weighted by atomic mass is 10.0. The van der Waals surface area contributed by atoms with E-state index in [1.807, 2.05) is 47.4 Å². The second-order valence-electron chi connectivity index (χ2n) is 7.91. The zero-order valence-electron chi connectivity index (χ0n) is 17.4. The maximum Gasteiger partial charge on any atom is 0.240 e. The van der Waals surface area contributed by atoms with Gasteiger partial charge in [-0.3, -0.25) is 4.79 Å². The van der Waals surface area contributed by atoms with Crippen LogP contribution in [0.2, 0.25) is 0 Å². The van der Waals surface area contributed by atoms with Crippen molar-refractivity contribution in [1.29, 1.82) is 0 Å². The molecule has 6 nitrogen and oxygen atoms in total. The second kappa shape index (κ2) is 9.43. The lowest BCUT2D eigenvalue weighted by Crippen LogP contribution is -2.38. The van der Waals surface area contributed by atoms with Crippen LogP contribution in [0.5, 0.6) is 0 Å². The summed E-state index contributed by atoms with van der Waals surface area (Å²) < 4.78 is 1.72. The van der Waals surface area contributed by atoms with Crippen LogP contribution in [-0.2, 0) is 4.79 Å². The SMILES string of the molecule is CC(C)c1ccc(-n2nnnc2SC(C(=O)N2CCCCC2)c2ccccc2)cc1. The Bertz CT molecular complexity index is 965. The average Bonchev–Trinajstić information content (AvgIpc) is 3.26. The van der Waals surface area contributed by atoms with E-state index in [4.69, 9.17) is 0 Å². The van der Waals surface area contributed by atoms with Gasteiger partial charge in [0.1, 0.15) is 5.25 Å². The standard InChI is InChI=1S/C23H27N5OS/c1-17(2)18-11-13-20(14-12-18)28-23(24-25-26-28)30-21(19-9-5-3-6-10-19)22(29)27-15-7-4-8-16-27/h3,5-6,9-14,17,21H,4,7-8,15-16H2,1-2H3. The molecule has 1 aromatic heterocycles. The maximum absolute atomic E-state index is 13.4. The molecule has 0 bridgehead atoms. The zero-order valence-corrected chi connectivity index (χ0v) is 18.3. The van der Waals surface area contributed by atoms with Crippen molar-refractivity contribution < 1.29 is 4.79 Å². The van der Waals surface area contributed by atoms with Gasteiger partial charge in [-0.2, -0.15) is 4.68 Å². The van der Waals surface area contributed by atoms with E-state index in [2.05, 4.69) is 41.5 Å². The van der Waals surface area contributed by atoms with Crippen LogP contribution in [0, 0.1) is 0 Å². The van der Waals surface area contributed by atoms with E-state index < -0.39 is 0 Å². The number of rotatable bonds is 6. The first-order valence-electron chi connectivity index (χ1n) is 10.5. The second-order valence-corrected chi connectivity index (χ2v) is 8.99.